The van der Waals surface area contributed by atoms with Gasteiger partial charge in [0.25, 0.3) is 0 Å². The zero-order chi connectivity index (χ0) is 10.1. The molecule has 2 heterocycles. The van der Waals surface area contributed by atoms with E-state index >= 15 is 0 Å². The zero-order valence-electron chi connectivity index (χ0n) is 7.37. The van der Waals surface area contributed by atoms with E-state index in [4.69, 9.17) is 11.6 Å². The lowest BCUT2D eigenvalue weighted by Crippen LogP contribution is -2.00. The number of carbonyl (C=O) groups is 1. The first kappa shape index (κ1) is 9.02. The van der Waals surface area contributed by atoms with Gasteiger partial charge in [-0.25, -0.2) is 4.79 Å². The second-order valence-electron chi connectivity index (χ2n) is 2.74. The first-order valence-electron chi connectivity index (χ1n) is 3.93. The first-order chi connectivity index (χ1) is 6.72. The number of ether oxygens (including phenoxy) is 1. The van der Waals surface area contributed by atoms with Crippen LogP contribution in [0.3, 0.4) is 0 Å². The first-order valence-corrected chi connectivity index (χ1v) is 4.31. The van der Waals surface area contributed by atoms with Gasteiger partial charge in [0.15, 0.2) is 0 Å². The van der Waals surface area contributed by atoms with E-state index in [1.54, 1.807) is 12.3 Å². The van der Waals surface area contributed by atoms with Gasteiger partial charge in [0.2, 0.25) is 0 Å². The highest BCUT2D eigenvalue weighted by molar-refractivity contribution is 6.31. The van der Waals surface area contributed by atoms with Crippen molar-refractivity contribution in [1.29, 1.82) is 0 Å². The molecule has 0 aliphatic carbocycles. The molecule has 0 atom stereocenters. The summed E-state index contributed by atoms with van der Waals surface area (Å²) in [5, 5.41) is 0.524. The van der Waals surface area contributed by atoms with Crippen LogP contribution in [0.5, 0.6) is 0 Å². The van der Waals surface area contributed by atoms with Crippen LogP contribution in [0.25, 0.3) is 11.0 Å². The third kappa shape index (κ3) is 1.33. The fraction of sp³-hybridized carbons (Fsp3) is 0.111. The fourth-order valence-corrected chi connectivity index (χ4v) is 1.41. The van der Waals surface area contributed by atoms with Crippen molar-refractivity contribution in [2.75, 3.05) is 7.11 Å². The highest BCUT2D eigenvalue weighted by Crippen LogP contribution is 2.19. The number of carbonyl (C=O) groups excluding carboxylic acids is 1. The predicted molar refractivity (Wildman–Crippen MR) is 52.4 cm³/mol. The number of halogens is 1. The molecule has 0 saturated carbocycles. The van der Waals surface area contributed by atoms with E-state index in [0.717, 1.165) is 5.52 Å². The maximum atomic E-state index is 11.3. The van der Waals surface area contributed by atoms with E-state index in [2.05, 4.69) is 14.7 Å². The van der Waals surface area contributed by atoms with Crippen LogP contribution in [-0.2, 0) is 4.74 Å². The fourth-order valence-electron chi connectivity index (χ4n) is 1.25. The Morgan fingerprint density at radius 1 is 1.64 bits per heavy atom. The number of pyridine rings is 1. The molecule has 1 N–H and O–H groups in total. The summed E-state index contributed by atoms with van der Waals surface area (Å²) in [5.41, 5.74) is 1.71. The Kier molecular flexibility index (Phi) is 2.13. The van der Waals surface area contributed by atoms with Crippen LogP contribution in [0.1, 0.15) is 10.4 Å². The van der Waals surface area contributed by atoms with Crippen molar-refractivity contribution in [2.24, 2.45) is 0 Å². The Hall–Kier alpha value is -1.55. The van der Waals surface area contributed by atoms with Crippen LogP contribution in [0, 0.1) is 0 Å². The Morgan fingerprint density at radius 3 is 3.14 bits per heavy atom. The Labute approximate surface area is 84.9 Å². The molecule has 0 unspecified atom stereocenters. The second kappa shape index (κ2) is 3.31. The molecule has 0 aliphatic heterocycles. The van der Waals surface area contributed by atoms with E-state index in [0.29, 0.717) is 16.1 Å². The molecule has 0 aliphatic rings. The van der Waals surface area contributed by atoms with Crippen molar-refractivity contribution in [3.05, 3.63) is 29.0 Å². The Balaban J connectivity index is 2.64. The van der Waals surface area contributed by atoms with Crippen LogP contribution in [0.15, 0.2) is 18.5 Å². The third-order valence-electron chi connectivity index (χ3n) is 1.89. The Morgan fingerprint density at radius 2 is 2.43 bits per heavy atom. The number of nitrogens with one attached hydrogen (secondary N) is 1. The molecule has 2 rings (SSSR count). The minimum Gasteiger partial charge on any atom is -0.465 e. The van der Waals surface area contributed by atoms with Crippen molar-refractivity contribution in [3.8, 4) is 0 Å². The number of hydrogen-bond donors (Lipinski definition) is 1. The number of hydrogen-bond acceptors (Lipinski definition) is 3. The monoisotopic (exact) mass is 210 g/mol. The molecular formula is C9H7ClN2O2. The Bertz CT molecular complexity index is 493. The van der Waals surface area contributed by atoms with Gasteiger partial charge in [-0.05, 0) is 6.07 Å². The quantitative estimate of drug-likeness (QED) is 0.733. The standard InChI is InChI=1S/C9H7ClN2O2/c1-14-9(13)6-4-11-7-2-5(10)3-12-8(6)7/h2-4,11H,1H3. The minimum atomic E-state index is -0.411. The molecule has 0 radical (unpaired) electrons. The topological polar surface area (TPSA) is 55.0 Å². The average Bonchev–Trinajstić information content (AvgIpc) is 2.59. The molecule has 14 heavy (non-hydrogen) atoms. The maximum Gasteiger partial charge on any atom is 0.341 e. The largest absolute Gasteiger partial charge is 0.465 e. The molecule has 0 spiro atoms. The van der Waals surface area contributed by atoms with Crippen LogP contribution in [0.2, 0.25) is 5.02 Å². The number of nitrogens with zero attached hydrogens (tertiary/aromatic N) is 1. The second-order valence-corrected chi connectivity index (χ2v) is 3.18. The summed E-state index contributed by atoms with van der Waals surface area (Å²) in [6.45, 7) is 0. The minimum absolute atomic E-state index is 0.411. The summed E-state index contributed by atoms with van der Waals surface area (Å²) in [6.07, 6.45) is 3.05. The summed E-state index contributed by atoms with van der Waals surface area (Å²) in [5.74, 6) is -0.411. The van der Waals surface area contributed by atoms with Gasteiger partial charge >= 0.3 is 5.97 Å². The zero-order valence-corrected chi connectivity index (χ0v) is 8.13. The summed E-state index contributed by atoms with van der Waals surface area (Å²) in [4.78, 5) is 18.2. The van der Waals surface area contributed by atoms with Crippen molar-refractivity contribution in [3.63, 3.8) is 0 Å². The van der Waals surface area contributed by atoms with Gasteiger partial charge in [-0.3, -0.25) is 4.98 Å². The van der Waals surface area contributed by atoms with Crippen LogP contribution >= 0.6 is 11.6 Å². The molecule has 0 bridgehead atoms. The number of aromatic nitrogens is 2. The highest BCUT2D eigenvalue weighted by atomic mass is 35.5. The lowest BCUT2D eigenvalue weighted by atomic mass is 10.3. The van der Waals surface area contributed by atoms with Crippen LogP contribution in [-0.4, -0.2) is 23.0 Å². The van der Waals surface area contributed by atoms with E-state index < -0.39 is 5.97 Å². The molecule has 0 fully saturated rings. The maximum absolute atomic E-state index is 11.3. The number of rotatable bonds is 1. The molecule has 0 aromatic carbocycles. The molecule has 0 amide bonds. The third-order valence-corrected chi connectivity index (χ3v) is 2.09. The van der Waals surface area contributed by atoms with Crippen molar-refractivity contribution < 1.29 is 9.53 Å². The van der Waals surface area contributed by atoms with Gasteiger partial charge in [-0.2, -0.15) is 0 Å². The van der Waals surface area contributed by atoms with Gasteiger partial charge in [-0.15, -0.1) is 0 Å². The van der Waals surface area contributed by atoms with Gasteiger partial charge in [-0.1, -0.05) is 11.6 Å². The molecule has 2 aromatic heterocycles. The van der Waals surface area contributed by atoms with Crippen molar-refractivity contribution >= 4 is 28.6 Å². The van der Waals surface area contributed by atoms with E-state index in [1.165, 1.54) is 13.3 Å². The SMILES string of the molecule is COC(=O)c1c[nH]c2cc(Cl)cnc12. The molecule has 2 aromatic rings. The number of methoxy groups -OCH3 is 1. The van der Waals surface area contributed by atoms with E-state index in [9.17, 15) is 4.79 Å². The molecule has 4 nitrogen and oxygen atoms in total. The lowest BCUT2D eigenvalue weighted by molar-refractivity contribution is 0.0603. The summed E-state index contributed by atoms with van der Waals surface area (Å²) < 4.78 is 4.60. The smallest absolute Gasteiger partial charge is 0.341 e. The average molecular weight is 211 g/mol. The van der Waals surface area contributed by atoms with Crippen LogP contribution in [0.4, 0.5) is 0 Å². The molecule has 5 heteroatoms. The van der Waals surface area contributed by atoms with E-state index in [-0.39, 0.29) is 0 Å². The van der Waals surface area contributed by atoms with Crippen LogP contribution < -0.4 is 0 Å². The van der Waals surface area contributed by atoms with Gasteiger partial charge in [0, 0.05) is 12.4 Å². The number of H-pyrrole nitrogens is 1. The van der Waals surface area contributed by atoms with Crippen molar-refractivity contribution in [2.45, 2.75) is 0 Å². The molecular weight excluding hydrogens is 204 g/mol. The normalized spacial score (nSPS) is 10.4. The van der Waals surface area contributed by atoms with Gasteiger partial charge < -0.3 is 9.72 Å². The summed E-state index contributed by atoms with van der Waals surface area (Å²) >= 11 is 5.74. The lowest BCUT2D eigenvalue weighted by Gasteiger charge is -1.95. The summed E-state index contributed by atoms with van der Waals surface area (Å²) in [6, 6.07) is 1.70. The number of esters is 1. The van der Waals surface area contributed by atoms with E-state index in [1.807, 2.05) is 0 Å². The number of fused-ring (bicyclic) bond motifs is 1. The highest BCUT2D eigenvalue weighted by Gasteiger charge is 2.13. The van der Waals surface area contributed by atoms with Gasteiger partial charge in [0.1, 0.15) is 11.1 Å². The number of aromatic amines is 1. The van der Waals surface area contributed by atoms with Crippen molar-refractivity contribution in [1.82, 2.24) is 9.97 Å². The van der Waals surface area contributed by atoms with Gasteiger partial charge in [0.05, 0.1) is 17.6 Å². The molecule has 0 saturated heterocycles. The molecule has 72 valence electrons. The predicted octanol–water partition coefficient (Wildman–Crippen LogP) is 2.00. The summed E-state index contributed by atoms with van der Waals surface area (Å²) in [7, 11) is 1.33.